The van der Waals surface area contributed by atoms with Crippen LogP contribution in [0.5, 0.6) is 5.75 Å². The van der Waals surface area contributed by atoms with Crippen LogP contribution in [0.4, 0.5) is 0 Å². The van der Waals surface area contributed by atoms with Gasteiger partial charge in [0.1, 0.15) is 5.75 Å². The number of aromatic nitrogens is 2. The van der Waals surface area contributed by atoms with Gasteiger partial charge in [0.05, 0.1) is 20.0 Å². The fourth-order valence-corrected chi connectivity index (χ4v) is 2.29. The second kappa shape index (κ2) is 8.70. The van der Waals surface area contributed by atoms with Gasteiger partial charge in [0.15, 0.2) is 0 Å². The molecule has 0 N–H and O–H groups in total. The second-order valence-corrected chi connectivity index (χ2v) is 5.29. The highest BCUT2D eigenvalue weighted by atomic mass is 35.5. The summed E-state index contributed by atoms with van der Waals surface area (Å²) in [6, 6.07) is 6.47. The maximum atomic E-state index is 5.45. The molecule has 0 saturated heterocycles. The molecule has 0 unspecified atom stereocenters. The van der Waals surface area contributed by atoms with Crippen LogP contribution in [-0.4, -0.2) is 42.2 Å². The zero-order chi connectivity index (χ0) is 14.4. The Kier molecular flexibility index (Phi) is 7.26. The number of ether oxygens (including phenoxy) is 1. The third kappa shape index (κ3) is 5.40. The normalized spacial score (nSPS) is 10.5. The minimum absolute atomic E-state index is 0. The van der Waals surface area contributed by atoms with Crippen molar-refractivity contribution < 1.29 is 4.74 Å². The lowest BCUT2D eigenvalue weighted by atomic mass is 10.1. The Balaban J connectivity index is 0.00000220. The van der Waals surface area contributed by atoms with Gasteiger partial charge in [0.25, 0.3) is 0 Å². The molecule has 0 aliphatic heterocycles. The van der Waals surface area contributed by atoms with Crippen LogP contribution in [0.2, 0.25) is 0 Å². The monoisotopic (exact) mass is 309 g/mol. The minimum Gasteiger partial charge on any atom is -0.496 e. The molecule has 0 fully saturated rings. The Hall–Kier alpha value is -1.52. The van der Waals surface area contributed by atoms with Gasteiger partial charge in [-0.25, -0.2) is 4.98 Å². The fourth-order valence-electron chi connectivity index (χ4n) is 2.29. The molecule has 0 bridgehead atoms. The van der Waals surface area contributed by atoms with Crippen molar-refractivity contribution in [2.24, 2.45) is 0 Å². The van der Waals surface area contributed by atoms with Crippen molar-refractivity contribution >= 4 is 12.4 Å². The van der Waals surface area contributed by atoms with Crippen molar-refractivity contribution in [3.8, 4) is 5.75 Å². The van der Waals surface area contributed by atoms with Crippen LogP contribution in [-0.2, 0) is 13.0 Å². The van der Waals surface area contributed by atoms with Crippen LogP contribution < -0.4 is 4.74 Å². The van der Waals surface area contributed by atoms with E-state index in [1.807, 2.05) is 12.5 Å². The van der Waals surface area contributed by atoms with Crippen molar-refractivity contribution in [2.45, 2.75) is 19.4 Å². The van der Waals surface area contributed by atoms with Crippen LogP contribution in [0.15, 0.2) is 36.9 Å². The van der Waals surface area contributed by atoms with E-state index < -0.39 is 0 Å². The predicted molar refractivity (Wildman–Crippen MR) is 88.4 cm³/mol. The number of benzene rings is 1. The van der Waals surface area contributed by atoms with E-state index in [9.17, 15) is 0 Å². The van der Waals surface area contributed by atoms with E-state index in [4.69, 9.17) is 4.74 Å². The Morgan fingerprint density at radius 1 is 1.29 bits per heavy atom. The fraction of sp³-hybridized carbons (Fsp3) is 0.438. The van der Waals surface area contributed by atoms with Crippen molar-refractivity contribution in [2.75, 3.05) is 27.7 Å². The van der Waals surface area contributed by atoms with Crippen LogP contribution in [0.25, 0.3) is 0 Å². The van der Waals surface area contributed by atoms with E-state index >= 15 is 0 Å². The van der Waals surface area contributed by atoms with Crippen molar-refractivity contribution in [3.63, 3.8) is 0 Å². The molecule has 0 saturated carbocycles. The molecular weight excluding hydrogens is 286 g/mol. The number of nitrogens with zero attached hydrogens (tertiary/aromatic N) is 3. The molecule has 1 heterocycles. The van der Waals surface area contributed by atoms with Gasteiger partial charge >= 0.3 is 0 Å². The molecule has 5 heteroatoms. The number of rotatable bonds is 7. The zero-order valence-corrected chi connectivity index (χ0v) is 13.8. The van der Waals surface area contributed by atoms with Crippen molar-refractivity contribution in [1.29, 1.82) is 0 Å². The lowest BCUT2D eigenvalue weighted by Crippen LogP contribution is -2.13. The SMILES string of the molecule is COc1ccc(CCCN(C)C)cc1Cn1ccnc1.Cl. The summed E-state index contributed by atoms with van der Waals surface area (Å²) < 4.78 is 7.51. The topological polar surface area (TPSA) is 30.3 Å². The summed E-state index contributed by atoms with van der Waals surface area (Å²) in [6.07, 6.45) is 7.87. The van der Waals surface area contributed by atoms with E-state index in [1.54, 1.807) is 13.3 Å². The molecule has 21 heavy (non-hydrogen) atoms. The number of hydrogen-bond donors (Lipinski definition) is 0. The highest BCUT2D eigenvalue weighted by Gasteiger charge is 2.05. The van der Waals surface area contributed by atoms with Crippen LogP contribution >= 0.6 is 12.4 Å². The summed E-state index contributed by atoms with van der Waals surface area (Å²) >= 11 is 0. The smallest absolute Gasteiger partial charge is 0.123 e. The molecule has 0 aliphatic carbocycles. The first-order chi connectivity index (χ1) is 9.69. The van der Waals surface area contributed by atoms with Crippen LogP contribution in [0.1, 0.15) is 17.5 Å². The van der Waals surface area contributed by atoms with E-state index in [0.717, 1.165) is 25.3 Å². The number of aryl methyl sites for hydroxylation is 1. The average molecular weight is 310 g/mol. The number of hydrogen-bond acceptors (Lipinski definition) is 3. The molecule has 0 radical (unpaired) electrons. The Morgan fingerprint density at radius 2 is 2.10 bits per heavy atom. The second-order valence-electron chi connectivity index (χ2n) is 5.29. The standard InChI is InChI=1S/C16H23N3O.ClH/c1-18(2)9-4-5-14-6-7-16(20-3)15(11-14)12-19-10-8-17-13-19;/h6-8,10-11,13H,4-5,9,12H2,1-3H3;1H. The Morgan fingerprint density at radius 3 is 2.71 bits per heavy atom. The van der Waals surface area contributed by atoms with Gasteiger partial charge in [-0.15, -0.1) is 12.4 Å². The summed E-state index contributed by atoms with van der Waals surface area (Å²) in [5.41, 5.74) is 2.57. The Labute approximate surface area is 133 Å². The van der Waals surface area contributed by atoms with Crippen LogP contribution in [0.3, 0.4) is 0 Å². The molecule has 0 amide bonds. The highest BCUT2D eigenvalue weighted by Crippen LogP contribution is 2.21. The molecule has 116 valence electrons. The quantitative estimate of drug-likeness (QED) is 0.788. The van der Waals surface area contributed by atoms with E-state index in [2.05, 4.69) is 46.7 Å². The first-order valence-electron chi connectivity index (χ1n) is 6.95. The maximum absolute atomic E-state index is 5.45. The largest absolute Gasteiger partial charge is 0.496 e. The molecule has 2 rings (SSSR count). The number of imidazole rings is 1. The summed E-state index contributed by atoms with van der Waals surface area (Å²) in [4.78, 5) is 6.30. The highest BCUT2D eigenvalue weighted by molar-refractivity contribution is 5.85. The maximum Gasteiger partial charge on any atom is 0.123 e. The molecule has 0 aliphatic rings. The first kappa shape index (κ1) is 17.5. The van der Waals surface area contributed by atoms with Gasteiger partial charge < -0.3 is 14.2 Å². The van der Waals surface area contributed by atoms with Crippen LogP contribution in [0, 0.1) is 0 Å². The minimum atomic E-state index is 0. The van der Waals surface area contributed by atoms with Gasteiger partial charge in [-0.1, -0.05) is 12.1 Å². The lowest BCUT2D eigenvalue weighted by molar-refractivity contribution is 0.399. The van der Waals surface area contributed by atoms with E-state index in [0.29, 0.717) is 0 Å². The van der Waals surface area contributed by atoms with Gasteiger partial charge in [-0.3, -0.25) is 0 Å². The summed E-state index contributed by atoms with van der Waals surface area (Å²) in [7, 11) is 5.94. The molecule has 1 aromatic heterocycles. The lowest BCUT2D eigenvalue weighted by Gasteiger charge is -2.13. The molecule has 2 aromatic rings. The van der Waals surface area contributed by atoms with Crippen molar-refractivity contribution in [3.05, 3.63) is 48.0 Å². The van der Waals surface area contributed by atoms with Gasteiger partial charge in [-0.2, -0.15) is 0 Å². The summed E-state index contributed by atoms with van der Waals surface area (Å²) in [5.74, 6) is 0.940. The zero-order valence-electron chi connectivity index (χ0n) is 13.0. The third-order valence-electron chi connectivity index (χ3n) is 3.33. The predicted octanol–water partition coefficient (Wildman–Crippen LogP) is 2.86. The summed E-state index contributed by atoms with van der Waals surface area (Å²) in [5, 5.41) is 0. The molecule has 4 nitrogen and oxygen atoms in total. The summed E-state index contributed by atoms with van der Waals surface area (Å²) in [6.45, 7) is 1.91. The third-order valence-corrected chi connectivity index (χ3v) is 3.33. The average Bonchev–Trinajstić information content (AvgIpc) is 2.91. The van der Waals surface area contributed by atoms with E-state index in [1.165, 1.54) is 17.5 Å². The first-order valence-corrected chi connectivity index (χ1v) is 6.95. The number of methoxy groups -OCH3 is 1. The van der Waals surface area contributed by atoms with Gasteiger partial charge in [-0.05, 0) is 45.1 Å². The molecular formula is C16H24ClN3O. The van der Waals surface area contributed by atoms with E-state index in [-0.39, 0.29) is 12.4 Å². The molecule has 0 atom stereocenters. The van der Waals surface area contributed by atoms with Gasteiger partial charge in [0, 0.05) is 18.0 Å². The number of halogens is 1. The Bertz CT molecular complexity index is 526. The van der Waals surface area contributed by atoms with Gasteiger partial charge in [0.2, 0.25) is 0 Å². The molecule has 0 spiro atoms. The molecule has 1 aromatic carbocycles. The van der Waals surface area contributed by atoms with Crippen molar-refractivity contribution in [1.82, 2.24) is 14.5 Å².